The van der Waals surface area contributed by atoms with Crippen molar-refractivity contribution in [1.82, 2.24) is 0 Å². The molecule has 1 fully saturated rings. The van der Waals surface area contributed by atoms with E-state index in [1.54, 1.807) is 6.07 Å². The molecule has 1 heterocycles. The van der Waals surface area contributed by atoms with Crippen LogP contribution in [-0.2, 0) is 0 Å². The molecule has 0 radical (unpaired) electrons. The maximum Gasteiger partial charge on any atom is 0.337 e. The van der Waals surface area contributed by atoms with E-state index in [0.29, 0.717) is 11.5 Å². The van der Waals surface area contributed by atoms with E-state index in [-0.39, 0.29) is 0 Å². The second-order valence-corrected chi connectivity index (χ2v) is 5.61. The van der Waals surface area contributed by atoms with Gasteiger partial charge in [-0.15, -0.1) is 0 Å². The van der Waals surface area contributed by atoms with Crippen molar-refractivity contribution in [2.75, 3.05) is 23.4 Å². The topological polar surface area (TPSA) is 49.3 Å². The fourth-order valence-electron chi connectivity index (χ4n) is 1.99. The second-order valence-electron chi connectivity index (χ2n) is 4.46. The number of anilines is 1. The number of carboxylic acid groups (broad SMARTS) is 1. The van der Waals surface area contributed by atoms with E-state index in [0.717, 1.165) is 17.8 Å². The Morgan fingerprint density at radius 1 is 1.59 bits per heavy atom. The van der Waals surface area contributed by atoms with Crippen LogP contribution in [0.4, 0.5) is 5.69 Å². The smallest absolute Gasteiger partial charge is 0.337 e. The fraction of sp³-hybridized carbons (Fsp3) is 0.462. The molecule has 1 atom stereocenters. The van der Waals surface area contributed by atoms with Crippen molar-refractivity contribution in [3.05, 3.63) is 29.3 Å². The van der Waals surface area contributed by atoms with Gasteiger partial charge < -0.3 is 10.4 Å². The summed E-state index contributed by atoms with van der Waals surface area (Å²) in [5, 5.41) is 12.4. The Morgan fingerprint density at radius 3 is 3.06 bits per heavy atom. The zero-order valence-corrected chi connectivity index (χ0v) is 10.7. The molecule has 17 heavy (non-hydrogen) atoms. The van der Waals surface area contributed by atoms with Crippen molar-refractivity contribution < 1.29 is 9.90 Å². The van der Waals surface area contributed by atoms with Crippen molar-refractivity contribution in [2.45, 2.75) is 13.3 Å². The molecule has 1 aromatic rings. The number of benzene rings is 1. The molecular formula is C13H17NO2S. The average molecular weight is 251 g/mol. The largest absolute Gasteiger partial charge is 0.478 e. The monoisotopic (exact) mass is 251 g/mol. The highest BCUT2D eigenvalue weighted by atomic mass is 32.2. The summed E-state index contributed by atoms with van der Waals surface area (Å²) in [7, 11) is 0. The first-order valence-corrected chi connectivity index (χ1v) is 6.98. The first kappa shape index (κ1) is 12.3. The lowest BCUT2D eigenvalue weighted by Crippen LogP contribution is -2.15. The van der Waals surface area contributed by atoms with Crippen LogP contribution in [0.15, 0.2) is 18.2 Å². The highest BCUT2D eigenvalue weighted by molar-refractivity contribution is 7.99. The molecule has 1 aromatic carbocycles. The molecule has 3 nitrogen and oxygen atoms in total. The van der Waals surface area contributed by atoms with Gasteiger partial charge in [0.1, 0.15) is 0 Å². The Hall–Kier alpha value is -1.16. The Morgan fingerprint density at radius 2 is 2.41 bits per heavy atom. The maximum atomic E-state index is 11.1. The number of carboxylic acids is 1. The van der Waals surface area contributed by atoms with Crippen molar-refractivity contribution in [1.29, 1.82) is 0 Å². The van der Waals surface area contributed by atoms with E-state index in [4.69, 9.17) is 5.11 Å². The van der Waals surface area contributed by atoms with E-state index >= 15 is 0 Å². The molecule has 4 heteroatoms. The number of hydrogen-bond donors (Lipinski definition) is 2. The molecule has 0 bridgehead atoms. The van der Waals surface area contributed by atoms with Gasteiger partial charge in [-0.2, -0.15) is 11.8 Å². The number of aryl methyl sites for hydroxylation is 1. The molecule has 1 saturated heterocycles. The molecule has 0 saturated carbocycles. The summed E-state index contributed by atoms with van der Waals surface area (Å²) in [6, 6.07) is 5.41. The summed E-state index contributed by atoms with van der Waals surface area (Å²) in [4.78, 5) is 11.1. The number of carbonyl (C=O) groups is 1. The van der Waals surface area contributed by atoms with Crippen LogP contribution in [0.1, 0.15) is 22.3 Å². The zero-order chi connectivity index (χ0) is 12.3. The van der Waals surface area contributed by atoms with Gasteiger partial charge in [-0.25, -0.2) is 4.79 Å². The molecule has 2 rings (SSSR count). The number of nitrogens with one attached hydrogen (secondary N) is 1. The van der Waals surface area contributed by atoms with E-state index in [1.807, 2.05) is 30.8 Å². The molecule has 0 amide bonds. The Labute approximate surface area is 106 Å². The predicted octanol–water partition coefficient (Wildman–Crippen LogP) is 2.86. The van der Waals surface area contributed by atoms with Gasteiger partial charge >= 0.3 is 5.97 Å². The lowest BCUT2D eigenvalue weighted by molar-refractivity contribution is 0.0698. The van der Waals surface area contributed by atoms with Gasteiger partial charge in [-0.3, -0.25) is 0 Å². The quantitative estimate of drug-likeness (QED) is 0.864. The van der Waals surface area contributed by atoms with E-state index in [1.165, 1.54) is 17.9 Å². The van der Waals surface area contributed by atoms with Gasteiger partial charge in [-0.1, -0.05) is 6.07 Å². The van der Waals surface area contributed by atoms with Gasteiger partial charge in [0.15, 0.2) is 0 Å². The van der Waals surface area contributed by atoms with Crippen molar-refractivity contribution in [3.63, 3.8) is 0 Å². The third-order valence-corrected chi connectivity index (χ3v) is 4.24. The Bertz CT molecular complexity index is 414. The van der Waals surface area contributed by atoms with E-state index in [9.17, 15) is 4.79 Å². The molecule has 0 aliphatic carbocycles. The molecule has 2 N–H and O–H groups in total. The molecule has 1 aliphatic rings. The number of hydrogen-bond acceptors (Lipinski definition) is 3. The number of aromatic carboxylic acids is 1. The summed E-state index contributed by atoms with van der Waals surface area (Å²) in [6.45, 7) is 2.85. The van der Waals surface area contributed by atoms with Crippen molar-refractivity contribution in [3.8, 4) is 0 Å². The second kappa shape index (κ2) is 5.45. The molecule has 1 aliphatic heterocycles. The highest BCUT2D eigenvalue weighted by Crippen LogP contribution is 2.25. The van der Waals surface area contributed by atoms with Gasteiger partial charge in [0.05, 0.1) is 5.56 Å². The molecule has 1 unspecified atom stereocenters. The zero-order valence-electron chi connectivity index (χ0n) is 9.90. The van der Waals surface area contributed by atoms with Crippen molar-refractivity contribution in [2.24, 2.45) is 5.92 Å². The van der Waals surface area contributed by atoms with Crippen LogP contribution < -0.4 is 5.32 Å². The predicted molar refractivity (Wildman–Crippen MR) is 72.1 cm³/mol. The first-order valence-electron chi connectivity index (χ1n) is 5.82. The summed E-state index contributed by atoms with van der Waals surface area (Å²) in [5.41, 5.74) is 2.19. The SMILES string of the molecule is Cc1ccc(C(=O)O)c(NCC2CCSC2)c1. The van der Waals surface area contributed by atoms with Crippen LogP contribution in [-0.4, -0.2) is 29.1 Å². The van der Waals surface area contributed by atoms with Crippen LogP contribution in [0.2, 0.25) is 0 Å². The average Bonchev–Trinajstić information content (AvgIpc) is 2.78. The minimum Gasteiger partial charge on any atom is -0.478 e. The summed E-state index contributed by atoms with van der Waals surface area (Å²) in [5.74, 6) is 2.21. The lowest BCUT2D eigenvalue weighted by Gasteiger charge is -2.13. The normalized spacial score (nSPS) is 19.2. The van der Waals surface area contributed by atoms with Crippen LogP contribution in [0.3, 0.4) is 0 Å². The third kappa shape index (κ3) is 3.16. The minimum atomic E-state index is -0.867. The lowest BCUT2D eigenvalue weighted by atomic mass is 10.1. The number of thioether (sulfide) groups is 1. The summed E-state index contributed by atoms with van der Waals surface area (Å²) in [6.07, 6.45) is 1.23. The molecule has 0 spiro atoms. The van der Waals surface area contributed by atoms with Crippen LogP contribution in [0, 0.1) is 12.8 Å². The maximum absolute atomic E-state index is 11.1. The van der Waals surface area contributed by atoms with E-state index < -0.39 is 5.97 Å². The summed E-state index contributed by atoms with van der Waals surface area (Å²) < 4.78 is 0. The highest BCUT2D eigenvalue weighted by Gasteiger charge is 2.16. The number of rotatable bonds is 4. The Kier molecular flexibility index (Phi) is 3.94. The van der Waals surface area contributed by atoms with Crippen LogP contribution in [0.5, 0.6) is 0 Å². The third-order valence-electron chi connectivity index (χ3n) is 3.01. The van der Waals surface area contributed by atoms with Crippen LogP contribution in [0.25, 0.3) is 0 Å². The molecule has 92 valence electrons. The molecule has 0 aromatic heterocycles. The minimum absolute atomic E-state index is 0.362. The van der Waals surface area contributed by atoms with Gasteiger partial charge in [-0.05, 0) is 48.5 Å². The Balaban J connectivity index is 2.07. The first-order chi connectivity index (χ1) is 8.16. The molecular weight excluding hydrogens is 234 g/mol. The van der Waals surface area contributed by atoms with Crippen molar-refractivity contribution >= 4 is 23.4 Å². The van der Waals surface area contributed by atoms with E-state index in [2.05, 4.69) is 5.32 Å². The van der Waals surface area contributed by atoms with Gasteiger partial charge in [0, 0.05) is 12.2 Å². The van der Waals surface area contributed by atoms with Gasteiger partial charge in [0.2, 0.25) is 0 Å². The fourth-order valence-corrected chi connectivity index (χ4v) is 3.27. The van der Waals surface area contributed by atoms with Crippen LogP contribution >= 0.6 is 11.8 Å². The summed E-state index contributed by atoms with van der Waals surface area (Å²) >= 11 is 1.97. The van der Waals surface area contributed by atoms with Gasteiger partial charge in [0.25, 0.3) is 0 Å². The standard InChI is InChI=1S/C13H17NO2S/c1-9-2-3-11(13(15)16)12(6-9)14-7-10-4-5-17-8-10/h2-3,6,10,14H,4-5,7-8H2,1H3,(H,15,16).